The van der Waals surface area contributed by atoms with Crippen LogP contribution < -0.4 is 15.9 Å². The molecule has 4 heterocycles. The van der Waals surface area contributed by atoms with E-state index in [2.05, 4.69) is 20.3 Å². The molecule has 4 aromatic rings. The predicted octanol–water partition coefficient (Wildman–Crippen LogP) is 3.45. The quantitative estimate of drug-likeness (QED) is 0.491. The van der Waals surface area contributed by atoms with Gasteiger partial charge in [-0.2, -0.15) is 0 Å². The maximum absolute atomic E-state index is 12.9. The standard InChI is InChI=1S/C24H23ClN6O2/c25-19-7-8-21(26-15-19)29-12-9-18(10-13-29)23(32)27-20-5-3-4-17(14-20)16-31-24(33)30-11-2-1-6-22(30)28-31/h1-8,11,14-15,18H,9-10,12-13,16H2,(H,27,32). The number of hydrogen-bond acceptors (Lipinski definition) is 5. The lowest BCUT2D eigenvalue weighted by Gasteiger charge is -2.32. The number of carbonyl (C=O) groups excluding carboxylic acids is 1. The van der Waals surface area contributed by atoms with Crippen molar-refractivity contribution in [2.24, 2.45) is 5.92 Å². The zero-order valence-electron chi connectivity index (χ0n) is 17.9. The van der Waals surface area contributed by atoms with Crippen LogP contribution in [0.1, 0.15) is 18.4 Å². The minimum absolute atomic E-state index is 0.0146. The summed E-state index contributed by atoms with van der Waals surface area (Å²) in [5, 5.41) is 8.02. The van der Waals surface area contributed by atoms with Crippen molar-refractivity contribution in [2.45, 2.75) is 19.4 Å². The van der Waals surface area contributed by atoms with Gasteiger partial charge in [-0.15, -0.1) is 5.10 Å². The number of rotatable bonds is 5. The monoisotopic (exact) mass is 462 g/mol. The van der Waals surface area contributed by atoms with Gasteiger partial charge in [-0.25, -0.2) is 14.5 Å². The summed E-state index contributed by atoms with van der Waals surface area (Å²) in [7, 11) is 0. The molecule has 33 heavy (non-hydrogen) atoms. The number of halogens is 1. The topological polar surface area (TPSA) is 84.5 Å². The van der Waals surface area contributed by atoms with E-state index < -0.39 is 0 Å². The van der Waals surface area contributed by atoms with E-state index in [0.29, 0.717) is 17.2 Å². The summed E-state index contributed by atoms with van der Waals surface area (Å²) in [5.41, 5.74) is 2.02. The molecule has 0 radical (unpaired) electrons. The van der Waals surface area contributed by atoms with E-state index in [1.165, 1.54) is 9.08 Å². The summed E-state index contributed by atoms with van der Waals surface area (Å²) in [6.07, 6.45) is 4.86. The molecule has 0 unspecified atom stereocenters. The molecule has 168 valence electrons. The molecule has 1 N–H and O–H groups in total. The lowest BCUT2D eigenvalue weighted by molar-refractivity contribution is -0.120. The molecule has 0 saturated carbocycles. The van der Waals surface area contributed by atoms with Gasteiger partial charge in [0.25, 0.3) is 0 Å². The number of fused-ring (bicyclic) bond motifs is 1. The Labute approximate surface area is 195 Å². The first-order chi connectivity index (χ1) is 16.1. The fraction of sp³-hybridized carbons (Fsp3) is 0.250. The average molecular weight is 463 g/mol. The normalized spacial score (nSPS) is 14.5. The van der Waals surface area contributed by atoms with Crippen LogP contribution >= 0.6 is 11.6 Å². The number of benzene rings is 1. The fourth-order valence-corrected chi connectivity index (χ4v) is 4.27. The van der Waals surface area contributed by atoms with Crippen LogP contribution in [0.4, 0.5) is 11.5 Å². The van der Waals surface area contributed by atoms with Crippen LogP contribution in [0.5, 0.6) is 0 Å². The third kappa shape index (κ3) is 4.61. The number of amides is 1. The van der Waals surface area contributed by atoms with Gasteiger partial charge in [0.15, 0.2) is 5.65 Å². The molecule has 8 nitrogen and oxygen atoms in total. The minimum Gasteiger partial charge on any atom is -0.357 e. The largest absolute Gasteiger partial charge is 0.357 e. The van der Waals surface area contributed by atoms with Crippen molar-refractivity contribution >= 4 is 34.7 Å². The summed E-state index contributed by atoms with van der Waals surface area (Å²) in [6.45, 7) is 1.86. The molecular formula is C24H23ClN6O2. The summed E-state index contributed by atoms with van der Waals surface area (Å²) in [4.78, 5) is 31.9. The van der Waals surface area contributed by atoms with E-state index in [1.54, 1.807) is 24.5 Å². The third-order valence-corrected chi connectivity index (χ3v) is 6.14. The van der Waals surface area contributed by atoms with Gasteiger partial charge < -0.3 is 10.2 Å². The molecule has 3 aromatic heterocycles. The molecule has 0 bridgehead atoms. The predicted molar refractivity (Wildman–Crippen MR) is 128 cm³/mol. The zero-order valence-corrected chi connectivity index (χ0v) is 18.7. The SMILES string of the molecule is O=C(Nc1cccc(Cn2nc3ccccn3c2=O)c1)C1CCN(c2ccc(Cl)cn2)CC1. The van der Waals surface area contributed by atoms with Crippen molar-refractivity contribution in [3.8, 4) is 0 Å². The van der Waals surface area contributed by atoms with Crippen molar-refractivity contribution in [1.82, 2.24) is 19.2 Å². The smallest absolute Gasteiger partial charge is 0.350 e. The number of pyridine rings is 2. The molecule has 1 aliphatic rings. The highest BCUT2D eigenvalue weighted by Crippen LogP contribution is 2.24. The maximum Gasteiger partial charge on any atom is 0.350 e. The van der Waals surface area contributed by atoms with Crippen molar-refractivity contribution in [3.63, 3.8) is 0 Å². The summed E-state index contributed by atoms with van der Waals surface area (Å²) in [5.74, 6) is 0.840. The Morgan fingerprint density at radius 3 is 2.70 bits per heavy atom. The second-order valence-corrected chi connectivity index (χ2v) is 8.59. The molecule has 1 saturated heterocycles. The van der Waals surface area contributed by atoms with Gasteiger partial charge in [-0.1, -0.05) is 29.8 Å². The minimum atomic E-state index is -0.193. The molecule has 0 spiro atoms. The Hall–Kier alpha value is -3.65. The number of hydrogen-bond donors (Lipinski definition) is 1. The van der Waals surface area contributed by atoms with Gasteiger partial charge in [0.2, 0.25) is 5.91 Å². The first-order valence-electron chi connectivity index (χ1n) is 10.9. The molecule has 0 aliphatic carbocycles. The molecule has 0 atom stereocenters. The Morgan fingerprint density at radius 1 is 1.09 bits per heavy atom. The molecular weight excluding hydrogens is 440 g/mol. The van der Waals surface area contributed by atoms with Gasteiger partial charge >= 0.3 is 5.69 Å². The van der Waals surface area contributed by atoms with E-state index in [1.807, 2.05) is 42.5 Å². The van der Waals surface area contributed by atoms with Crippen LogP contribution in [0.15, 0.2) is 71.8 Å². The Bertz CT molecular complexity index is 1340. The number of aromatic nitrogens is 4. The molecule has 1 amide bonds. The lowest BCUT2D eigenvalue weighted by Crippen LogP contribution is -2.38. The highest BCUT2D eigenvalue weighted by atomic mass is 35.5. The maximum atomic E-state index is 12.9. The van der Waals surface area contributed by atoms with Crippen molar-refractivity contribution in [1.29, 1.82) is 0 Å². The van der Waals surface area contributed by atoms with Crippen LogP contribution in [0.2, 0.25) is 5.02 Å². The molecule has 9 heteroatoms. The number of nitrogens with one attached hydrogen (secondary N) is 1. The van der Waals surface area contributed by atoms with Gasteiger partial charge in [0, 0.05) is 37.1 Å². The van der Waals surface area contributed by atoms with Crippen LogP contribution in [0, 0.1) is 5.92 Å². The lowest BCUT2D eigenvalue weighted by atomic mass is 9.95. The van der Waals surface area contributed by atoms with Gasteiger partial charge in [-0.05, 0) is 54.8 Å². The van der Waals surface area contributed by atoms with Gasteiger partial charge in [-0.3, -0.25) is 9.20 Å². The highest BCUT2D eigenvalue weighted by molar-refractivity contribution is 6.30. The van der Waals surface area contributed by atoms with E-state index in [9.17, 15) is 9.59 Å². The zero-order chi connectivity index (χ0) is 22.8. The van der Waals surface area contributed by atoms with Crippen LogP contribution in [0.3, 0.4) is 0 Å². The second kappa shape index (κ2) is 9.07. The number of anilines is 2. The van der Waals surface area contributed by atoms with Gasteiger partial charge in [0.05, 0.1) is 11.6 Å². The Balaban J connectivity index is 1.21. The second-order valence-electron chi connectivity index (χ2n) is 8.15. The number of carbonyl (C=O) groups is 1. The van der Waals surface area contributed by atoms with E-state index in [0.717, 1.165) is 43.0 Å². The van der Waals surface area contributed by atoms with E-state index >= 15 is 0 Å². The fourth-order valence-electron chi connectivity index (χ4n) is 4.16. The third-order valence-electron chi connectivity index (χ3n) is 5.92. The van der Waals surface area contributed by atoms with E-state index in [4.69, 9.17) is 11.6 Å². The molecule has 1 fully saturated rings. The summed E-state index contributed by atoms with van der Waals surface area (Å²) in [6, 6.07) is 16.7. The van der Waals surface area contributed by atoms with Crippen molar-refractivity contribution in [3.05, 3.63) is 88.1 Å². The first kappa shape index (κ1) is 21.2. The Kier molecular flexibility index (Phi) is 5.83. The molecule has 1 aliphatic heterocycles. The van der Waals surface area contributed by atoms with Crippen molar-refractivity contribution < 1.29 is 4.79 Å². The molecule has 1 aromatic carbocycles. The molecule has 5 rings (SSSR count). The average Bonchev–Trinajstić information content (AvgIpc) is 3.15. The summed E-state index contributed by atoms with van der Waals surface area (Å²) < 4.78 is 2.94. The number of nitrogens with zero attached hydrogens (tertiary/aromatic N) is 5. The first-order valence-corrected chi connectivity index (χ1v) is 11.3. The highest BCUT2D eigenvalue weighted by Gasteiger charge is 2.25. The summed E-state index contributed by atoms with van der Waals surface area (Å²) >= 11 is 5.92. The van der Waals surface area contributed by atoms with Crippen LogP contribution in [-0.2, 0) is 11.3 Å². The van der Waals surface area contributed by atoms with Gasteiger partial charge in [0.1, 0.15) is 5.82 Å². The number of piperidine rings is 1. The van der Waals surface area contributed by atoms with Crippen LogP contribution in [0.25, 0.3) is 5.65 Å². The van der Waals surface area contributed by atoms with E-state index in [-0.39, 0.29) is 17.5 Å². The van der Waals surface area contributed by atoms with Crippen molar-refractivity contribution in [2.75, 3.05) is 23.3 Å². The van der Waals surface area contributed by atoms with Crippen LogP contribution in [-0.4, -0.2) is 38.2 Å². The Morgan fingerprint density at radius 2 is 1.94 bits per heavy atom.